The van der Waals surface area contributed by atoms with Gasteiger partial charge in [-0.25, -0.2) is 9.50 Å². The number of methoxy groups -OCH3 is 2. The lowest BCUT2D eigenvalue weighted by molar-refractivity contribution is -0.125. The summed E-state index contributed by atoms with van der Waals surface area (Å²) in [4.78, 5) is 21.3. The number of rotatable bonds is 4. The summed E-state index contributed by atoms with van der Waals surface area (Å²) in [6, 6.07) is 1.74. The van der Waals surface area contributed by atoms with Crippen LogP contribution in [0.15, 0.2) is 25.0 Å². The Bertz CT molecular complexity index is 1300. The van der Waals surface area contributed by atoms with Gasteiger partial charge in [0, 0.05) is 24.7 Å². The quantitative estimate of drug-likeness (QED) is 0.474. The second kappa shape index (κ2) is 8.74. The molecule has 0 saturated carbocycles. The predicted octanol–water partition coefficient (Wildman–Crippen LogP) is 1.90. The van der Waals surface area contributed by atoms with Crippen molar-refractivity contribution in [3.63, 3.8) is 0 Å². The summed E-state index contributed by atoms with van der Waals surface area (Å²) >= 11 is 0. The molecule has 1 unspecified atom stereocenters. The number of amides is 1. The van der Waals surface area contributed by atoms with E-state index in [1.807, 2.05) is 0 Å². The first kappa shape index (κ1) is 22.0. The number of anilines is 1. The van der Waals surface area contributed by atoms with E-state index in [1.165, 1.54) is 26.6 Å². The number of likely N-dealkylation sites (tertiary alicyclic amines) is 1. The maximum absolute atomic E-state index is 14.7. The Morgan fingerprint density at radius 2 is 1.97 bits per heavy atom. The Morgan fingerprint density at radius 1 is 1.27 bits per heavy atom. The van der Waals surface area contributed by atoms with Crippen molar-refractivity contribution in [1.82, 2.24) is 24.5 Å². The van der Waals surface area contributed by atoms with Gasteiger partial charge in [0.15, 0.2) is 5.82 Å². The molecule has 1 amide bonds. The van der Waals surface area contributed by atoms with Gasteiger partial charge in [-0.1, -0.05) is 18.4 Å². The van der Waals surface area contributed by atoms with Crippen LogP contribution in [0.5, 0.6) is 11.8 Å². The monoisotopic (exact) mass is 454 g/mol. The van der Waals surface area contributed by atoms with E-state index in [0.29, 0.717) is 30.6 Å². The van der Waals surface area contributed by atoms with Crippen LogP contribution in [0.4, 0.5) is 14.6 Å². The number of nitrogens with zero attached hydrogens (tertiary/aromatic N) is 5. The maximum Gasteiger partial charge on any atom is 0.254 e. The maximum atomic E-state index is 14.7. The SMILES string of the molecule is C=CC(=O)N1CCC(c2cc(C#Cc3c(F)c(OC)nc(OC)c3F)c3c(N)ncnn23)C1. The largest absolute Gasteiger partial charge is 0.479 e. The third-order valence-electron chi connectivity index (χ3n) is 5.43. The lowest BCUT2D eigenvalue weighted by atomic mass is 10.0. The van der Waals surface area contributed by atoms with E-state index >= 15 is 0 Å². The molecule has 3 aromatic heterocycles. The summed E-state index contributed by atoms with van der Waals surface area (Å²) in [5.74, 6) is 2.25. The zero-order valence-electron chi connectivity index (χ0n) is 17.9. The Kier molecular flexibility index (Phi) is 5.83. The third kappa shape index (κ3) is 3.80. The first-order valence-corrected chi connectivity index (χ1v) is 9.92. The van der Waals surface area contributed by atoms with Crippen molar-refractivity contribution in [2.45, 2.75) is 12.3 Å². The molecule has 4 heterocycles. The van der Waals surface area contributed by atoms with Crippen LogP contribution in [0.1, 0.15) is 29.2 Å². The van der Waals surface area contributed by atoms with Gasteiger partial charge >= 0.3 is 0 Å². The number of ether oxygens (including phenoxy) is 2. The number of nitrogens with two attached hydrogens (primary N) is 1. The summed E-state index contributed by atoms with van der Waals surface area (Å²) in [5, 5.41) is 4.28. The highest BCUT2D eigenvalue weighted by Crippen LogP contribution is 2.32. The highest BCUT2D eigenvalue weighted by Gasteiger charge is 2.29. The van der Waals surface area contributed by atoms with Crippen LogP contribution in [-0.4, -0.2) is 57.7 Å². The van der Waals surface area contributed by atoms with E-state index in [1.54, 1.807) is 15.5 Å². The number of hydrogen-bond acceptors (Lipinski definition) is 7. The molecule has 1 fully saturated rings. The van der Waals surface area contributed by atoms with Crippen LogP contribution >= 0.6 is 0 Å². The number of pyridine rings is 1. The van der Waals surface area contributed by atoms with Crippen LogP contribution in [0.25, 0.3) is 5.52 Å². The minimum atomic E-state index is -1.05. The van der Waals surface area contributed by atoms with Crippen LogP contribution < -0.4 is 15.2 Å². The molecule has 1 aliphatic heterocycles. The first-order valence-electron chi connectivity index (χ1n) is 9.92. The number of nitrogen functional groups attached to an aromatic ring is 1. The molecular formula is C22H20F2N6O3. The van der Waals surface area contributed by atoms with Crippen LogP contribution in [0, 0.1) is 23.5 Å². The highest BCUT2D eigenvalue weighted by atomic mass is 19.1. The van der Waals surface area contributed by atoms with Gasteiger partial charge in [-0.15, -0.1) is 0 Å². The molecule has 0 aromatic carbocycles. The number of halogens is 2. The fourth-order valence-corrected chi connectivity index (χ4v) is 3.82. The number of aromatic nitrogens is 4. The molecule has 4 rings (SSSR count). The van der Waals surface area contributed by atoms with Crippen molar-refractivity contribution < 1.29 is 23.0 Å². The lowest BCUT2D eigenvalue weighted by Crippen LogP contribution is -2.26. The number of hydrogen-bond donors (Lipinski definition) is 1. The Morgan fingerprint density at radius 3 is 2.61 bits per heavy atom. The Balaban J connectivity index is 1.82. The molecule has 1 saturated heterocycles. The zero-order chi connectivity index (χ0) is 23.7. The second-order valence-corrected chi connectivity index (χ2v) is 7.25. The van der Waals surface area contributed by atoms with Crippen molar-refractivity contribution in [1.29, 1.82) is 0 Å². The van der Waals surface area contributed by atoms with Gasteiger partial charge in [-0.3, -0.25) is 4.79 Å². The lowest BCUT2D eigenvalue weighted by Gasteiger charge is -2.14. The van der Waals surface area contributed by atoms with Gasteiger partial charge in [0.1, 0.15) is 17.4 Å². The van der Waals surface area contributed by atoms with E-state index < -0.39 is 29.0 Å². The Hall–Kier alpha value is -4.20. The summed E-state index contributed by atoms with van der Waals surface area (Å²) in [5.41, 5.74) is 7.06. The van der Waals surface area contributed by atoms with Crippen LogP contribution in [0.2, 0.25) is 0 Å². The van der Waals surface area contributed by atoms with E-state index in [4.69, 9.17) is 15.2 Å². The van der Waals surface area contributed by atoms with E-state index in [9.17, 15) is 13.6 Å². The normalized spacial score (nSPS) is 15.3. The number of fused-ring (bicyclic) bond motifs is 1. The molecule has 33 heavy (non-hydrogen) atoms. The van der Waals surface area contributed by atoms with Gasteiger partial charge < -0.3 is 20.1 Å². The van der Waals surface area contributed by atoms with Gasteiger partial charge in [-0.05, 0) is 18.6 Å². The minimum Gasteiger partial charge on any atom is -0.479 e. The molecule has 0 radical (unpaired) electrons. The Labute approximate surface area is 187 Å². The molecule has 170 valence electrons. The molecule has 11 heteroatoms. The molecule has 2 N–H and O–H groups in total. The molecule has 0 bridgehead atoms. The summed E-state index contributed by atoms with van der Waals surface area (Å²) < 4.78 is 40.6. The summed E-state index contributed by atoms with van der Waals surface area (Å²) in [6.45, 7) is 4.56. The fourth-order valence-electron chi connectivity index (χ4n) is 3.82. The highest BCUT2D eigenvalue weighted by molar-refractivity contribution is 5.87. The third-order valence-corrected chi connectivity index (χ3v) is 5.43. The standard InChI is InChI=1S/C22H20F2N6O3/c1-4-16(31)29-8-7-13(10-29)15-9-12(19-20(25)26-11-27-30(15)19)5-6-14-17(23)21(32-2)28-22(33-3)18(14)24/h4,9,11,13H,1,7-8,10H2,2-3H3,(H2,25,26,27). The molecule has 3 aromatic rings. The molecule has 1 atom stereocenters. The van der Waals surface area contributed by atoms with Gasteiger partial charge in [-0.2, -0.15) is 18.9 Å². The number of carbonyl (C=O) groups excluding carboxylic acids is 1. The summed E-state index contributed by atoms with van der Waals surface area (Å²) in [7, 11) is 2.40. The first-order chi connectivity index (χ1) is 15.9. The van der Waals surface area contributed by atoms with Crippen molar-refractivity contribution in [3.8, 4) is 23.6 Å². The number of carbonyl (C=O) groups is 1. The molecule has 0 aliphatic carbocycles. The van der Waals surface area contributed by atoms with Crippen LogP contribution in [0.3, 0.4) is 0 Å². The molecular weight excluding hydrogens is 434 g/mol. The molecule has 1 aliphatic rings. The second-order valence-electron chi connectivity index (χ2n) is 7.25. The predicted molar refractivity (Wildman–Crippen MR) is 115 cm³/mol. The molecule has 0 spiro atoms. The van der Waals surface area contributed by atoms with Gasteiger partial charge in [0.2, 0.25) is 17.5 Å². The van der Waals surface area contributed by atoms with Gasteiger partial charge in [0.25, 0.3) is 11.8 Å². The smallest absolute Gasteiger partial charge is 0.254 e. The van der Waals surface area contributed by atoms with E-state index in [0.717, 1.165) is 5.69 Å². The van der Waals surface area contributed by atoms with Crippen molar-refractivity contribution in [2.75, 3.05) is 33.0 Å². The topological polar surface area (TPSA) is 108 Å². The van der Waals surface area contributed by atoms with E-state index in [2.05, 4.69) is 33.5 Å². The van der Waals surface area contributed by atoms with Crippen molar-refractivity contribution >= 4 is 17.2 Å². The summed E-state index contributed by atoms with van der Waals surface area (Å²) in [6.07, 6.45) is 3.28. The fraction of sp³-hybridized carbons (Fsp3) is 0.273. The van der Waals surface area contributed by atoms with Crippen molar-refractivity contribution in [3.05, 3.63) is 53.5 Å². The van der Waals surface area contributed by atoms with Gasteiger partial charge in [0.05, 0.1) is 19.8 Å². The average molecular weight is 454 g/mol. The average Bonchev–Trinajstić information content (AvgIpc) is 3.44. The van der Waals surface area contributed by atoms with E-state index in [-0.39, 0.29) is 17.6 Å². The zero-order valence-corrected chi connectivity index (χ0v) is 17.9. The van der Waals surface area contributed by atoms with Crippen LogP contribution in [-0.2, 0) is 4.79 Å². The minimum absolute atomic E-state index is 0.0409. The van der Waals surface area contributed by atoms with Crippen molar-refractivity contribution in [2.24, 2.45) is 0 Å². The molecule has 9 nitrogen and oxygen atoms in total.